The van der Waals surface area contributed by atoms with Crippen LogP contribution >= 0.6 is 0 Å². The van der Waals surface area contributed by atoms with Crippen LogP contribution in [0.2, 0.25) is 0 Å². The van der Waals surface area contributed by atoms with Gasteiger partial charge in [0.15, 0.2) is 0 Å². The predicted octanol–water partition coefficient (Wildman–Crippen LogP) is 3.78. The van der Waals surface area contributed by atoms with Crippen molar-refractivity contribution >= 4 is 17.4 Å². The minimum Gasteiger partial charge on any atom is -0.507 e. The summed E-state index contributed by atoms with van der Waals surface area (Å²) in [5.74, 6) is -0.0305. The number of rotatable bonds is 8. The molecule has 2 aromatic rings. The van der Waals surface area contributed by atoms with Gasteiger partial charge in [0.2, 0.25) is 0 Å². The molecule has 4 rings (SSSR count). The summed E-state index contributed by atoms with van der Waals surface area (Å²) >= 11 is 0. The van der Waals surface area contributed by atoms with E-state index in [4.69, 9.17) is 9.47 Å². The van der Waals surface area contributed by atoms with E-state index < -0.39 is 17.7 Å². The summed E-state index contributed by atoms with van der Waals surface area (Å²) in [6.07, 6.45) is 0.795. The first-order valence-corrected chi connectivity index (χ1v) is 11.8. The van der Waals surface area contributed by atoms with Gasteiger partial charge in [0.1, 0.15) is 23.4 Å². The molecule has 2 atom stereocenters. The Hall–Kier alpha value is -3.32. The van der Waals surface area contributed by atoms with Gasteiger partial charge in [-0.1, -0.05) is 26.0 Å². The molecule has 7 nitrogen and oxygen atoms in total. The first kappa shape index (κ1) is 23.8. The zero-order valence-corrected chi connectivity index (χ0v) is 20.2. The number of amides is 1. The molecule has 180 valence electrons. The number of aliphatic hydroxyl groups excluding tert-OH is 1. The fourth-order valence-corrected chi connectivity index (χ4v) is 4.78. The average molecular weight is 465 g/mol. The van der Waals surface area contributed by atoms with Crippen LogP contribution in [0.1, 0.15) is 43.5 Å². The van der Waals surface area contributed by atoms with Crippen LogP contribution in [0.3, 0.4) is 0 Å². The number of ether oxygens (including phenoxy) is 2. The summed E-state index contributed by atoms with van der Waals surface area (Å²) < 4.78 is 11.2. The molecule has 0 unspecified atom stereocenters. The number of ketones is 1. The monoisotopic (exact) mass is 464 g/mol. The highest BCUT2D eigenvalue weighted by molar-refractivity contribution is 6.46. The third-order valence-corrected chi connectivity index (χ3v) is 6.67. The molecule has 1 saturated heterocycles. The van der Waals surface area contributed by atoms with Gasteiger partial charge in [0, 0.05) is 25.1 Å². The molecule has 1 fully saturated rings. The Bertz CT molecular complexity index is 1120. The van der Waals surface area contributed by atoms with Gasteiger partial charge in [-0.05, 0) is 61.5 Å². The second-order valence-corrected chi connectivity index (χ2v) is 8.75. The minimum absolute atomic E-state index is 0.0647. The van der Waals surface area contributed by atoms with Crippen LogP contribution in [-0.2, 0) is 16.0 Å². The highest BCUT2D eigenvalue weighted by Crippen LogP contribution is 2.41. The van der Waals surface area contributed by atoms with Crippen LogP contribution in [0, 0.1) is 0 Å². The third-order valence-electron chi connectivity index (χ3n) is 6.67. The highest BCUT2D eigenvalue weighted by atomic mass is 16.5. The Morgan fingerprint density at radius 1 is 1.18 bits per heavy atom. The molecule has 0 radical (unpaired) electrons. The first-order valence-electron chi connectivity index (χ1n) is 11.8. The Morgan fingerprint density at radius 3 is 2.65 bits per heavy atom. The van der Waals surface area contributed by atoms with E-state index in [1.165, 1.54) is 0 Å². The van der Waals surface area contributed by atoms with Crippen LogP contribution in [0.4, 0.5) is 0 Å². The van der Waals surface area contributed by atoms with E-state index in [2.05, 4.69) is 18.7 Å². The van der Waals surface area contributed by atoms with Crippen LogP contribution in [-0.4, -0.2) is 66.0 Å². The first-order chi connectivity index (χ1) is 16.4. The number of carbonyl (C=O) groups excluding carboxylic acids is 2. The normalized spacial score (nSPS) is 21.1. The predicted molar refractivity (Wildman–Crippen MR) is 130 cm³/mol. The minimum atomic E-state index is -0.700. The van der Waals surface area contributed by atoms with E-state index in [-0.39, 0.29) is 17.4 Å². The number of hydrogen-bond donors (Lipinski definition) is 1. The maximum atomic E-state index is 13.3. The van der Waals surface area contributed by atoms with Crippen molar-refractivity contribution < 1.29 is 24.2 Å². The number of likely N-dealkylation sites (N-methyl/N-ethyl adjacent to an activating group) is 1. The van der Waals surface area contributed by atoms with Gasteiger partial charge in [-0.25, -0.2) is 0 Å². The molecular weight excluding hydrogens is 432 g/mol. The maximum Gasteiger partial charge on any atom is 0.295 e. The van der Waals surface area contributed by atoms with Gasteiger partial charge in [-0.15, -0.1) is 0 Å². The van der Waals surface area contributed by atoms with Crippen molar-refractivity contribution in [2.45, 2.75) is 39.3 Å². The molecule has 0 bridgehead atoms. The Kier molecular flexibility index (Phi) is 6.93. The number of nitrogens with zero attached hydrogens (tertiary/aromatic N) is 2. The van der Waals surface area contributed by atoms with E-state index in [1.807, 2.05) is 43.3 Å². The number of fused-ring (bicyclic) bond motifs is 1. The number of carbonyl (C=O) groups is 2. The Morgan fingerprint density at radius 2 is 1.94 bits per heavy atom. The zero-order chi connectivity index (χ0) is 24.4. The summed E-state index contributed by atoms with van der Waals surface area (Å²) in [4.78, 5) is 30.2. The smallest absolute Gasteiger partial charge is 0.295 e. The summed E-state index contributed by atoms with van der Waals surface area (Å²) in [5.41, 5.74) is 2.30. The third kappa shape index (κ3) is 4.40. The van der Waals surface area contributed by atoms with E-state index >= 15 is 0 Å². The number of aliphatic hydroxyl groups is 1. The second-order valence-electron chi connectivity index (χ2n) is 8.75. The SMILES string of the molecule is CCN(CC)CCN1C(=O)C(=O)C(=C(O)c2ccc3c(c2)C[C@H](C)O3)[C@@H]1c1cccc(OC)c1. The summed E-state index contributed by atoms with van der Waals surface area (Å²) in [5, 5.41) is 11.3. The molecule has 2 aliphatic rings. The van der Waals surface area contributed by atoms with Crippen molar-refractivity contribution in [3.63, 3.8) is 0 Å². The zero-order valence-electron chi connectivity index (χ0n) is 20.2. The van der Waals surface area contributed by atoms with Crippen molar-refractivity contribution in [3.8, 4) is 11.5 Å². The van der Waals surface area contributed by atoms with Gasteiger partial charge in [0.05, 0.1) is 18.7 Å². The van der Waals surface area contributed by atoms with Crippen molar-refractivity contribution in [1.82, 2.24) is 9.80 Å². The van der Waals surface area contributed by atoms with Crippen LogP contribution < -0.4 is 9.47 Å². The van der Waals surface area contributed by atoms with Crippen molar-refractivity contribution in [1.29, 1.82) is 0 Å². The topological polar surface area (TPSA) is 79.3 Å². The molecule has 0 saturated carbocycles. The molecule has 0 spiro atoms. The van der Waals surface area contributed by atoms with Gasteiger partial charge >= 0.3 is 0 Å². The number of Topliss-reactive ketones (excluding diaryl/α,β-unsaturated/α-hetero) is 1. The molecule has 1 amide bonds. The van der Waals surface area contributed by atoms with Gasteiger partial charge in [-0.3, -0.25) is 9.59 Å². The summed E-state index contributed by atoms with van der Waals surface area (Å²) in [6.45, 7) is 8.82. The van der Waals surface area contributed by atoms with Crippen molar-refractivity contribution in [3.05, 3.63) is 64.7 Å². The van der Waals surface area contributed by atoms with Crippen LogP contribution in [0.15, 0.2) is 48.0 Å². The quantitative estimate of drug-likeness (QED) is 0.364. The lowest BCUT2D eigenvalue weighted by atomic mass is 9.94. The standard InChI is InChI=1S/C27H32N2O5/c1-5-28(6-2)12-13-29-24(18-8-7-9-21(16-18)33-4)23(26(31)27(29)32)25(30)19-10-11-22-20(15-19)14-17(3)34-22/h7-11,15-17,24,30H,5-6,12-14H2,1-4H3/t17-,24-/m0/s1. The fraction of sp³-hybridized carbons (Fsp3) is 0.407. The lowest BCUT2D eigenvalue weighted by Gasteiger charge is -2.28. The summed E-state index contributed by atoms with van der Waals surface area (Å²) in [6, 6.07) is 12.0. The van der Waals surface area contributed by atoms with Crippen LogP contribution in [0.25, 0.3) is 5.76 Å². The van der Waals surface area contributed by atoms with E-state index in [1.54, 1.807) is 18.1 Å². The summed E-state index contributed by atoms with van der Waals surface area (Å²) in [7, 11) is 1.57. The lowest BCUT2D eigenvalue weighted by Crippen LogP contribution is -2.38. The van der Waals surface area contributed by atoms with Gasteiger partial charge in [0.25, 0.3) is 11.7 Å². The van der Waals surface area contributed by atoms with E-state index in [9.17, 15) is 14.7 Å². The fourth-order valence-electron chi connectivity index (χ4n) is 4.78. The Labute approximate surface area is 200 Å². The molecule has 0 aromatic heterocycles. The van der Waals surface area contributed by atoms with E-state index in [0.717, 1.165) is 36.4 Å². The van der Waals surface area contributed by atoms with Crippen molar-refractivity contribution in [2.75, 3.05) is 33.3 Å². The number of hydrogen-bond acceptors (Lipinski definition) is 6. The number of likely N-dealkylation sites (tertiary alicyclic amines) is 1. The largest absolute Gasteiger partial charge is 0.507 e. The molecule has 34 heavy (non-hydrogen) atoms. The maximum absolute atomic E-state index is 13.3. The van der Waals surface area contributed by atoms with Crippen LogP contribution in [0.5, 0.6) is 11.5 Å². The molecule has 0 aliphatic carbocycles. The highest BCUT2D eigenvalue weighted by Gasteiger charge is 2.46. The molecule has 1 N–H and O–H groups in total. The molecule has 2 heterocycles. The Balaban J connectivity index is 1.79. The molecule has 2 aliphatic heterocycles. The molecule has 7 heteroatoms. The lowest BCUT2D eigenvalue weighted by molar-refractivity contribution is -0.140. The van der Waals surface area contributed by atoms with E-state index in [0.29, 0.717) is 24.4 Å². The average Bonchev–Trinajstić information content (AvgIpc) is 3.35. The molecule has 2 aromatic carbocycles. The number of benzene rings is 2. The van der Waals surface area contributed by atoms with Gasteiger partial charge < -0.3 is 24.4 Å². The van der Waals surface area contributed by atoms with Crippen molar-refractivity contribution in [2.24, 2.45) is 0 Å². The van der Waals surface area contributed by atoms with Gasteiger partial charge in [-0.2, -0.15) is 0 Å². The molecular formula is C27H32N2O5. The number of methoxy groups -OCH3 is 1. The second kappa shape index (κ2) is 9.89.